The van der Waals surface area contributed by atoms with Crippen molar-refractivity contribution in [1.29, 1.82) is 0 Å². The largest absolute Gasteiger partial charge is 0.491 e. The minimum absolute atomic E-state index is 0.0470. The Morgan fingerprint density at radius 1 is 1.21 bits per heavy atom. The van der Waals surface area contributed by atoms with Gasteiger partial charge in [-0.2, -0.15) is 13.2 Å². The Labute approximate surface area is 246 Å². The monoisotopic (exact) mass is 618 g/mol. The molecule has 1 unspecified atom stereocenters. The van der Waals surface area contributed by atoms with Crippen molar-refractivity contribution in [2.75, 3.05) is 19.8 Å². The third-order valence-corrected chi connectivity index (χ3v) is 6.58. The Balaban J connectivity index is 1.71. The molecule has 0 heterocycles. The molecule has 15 heteroatoms. The molecule has 1 aliphatic rings. The van der Waals surface area contributed by atoms with E-state index in [-0.39, 0.29) is 50.2 Å². The molecule has 240 valence electrons. The number of esters is 1. The fraction of sp³-hybridized carbons (Fsp3) is 0.571. The molecule has 0 saturated heterocycles. The smallest absolute Gasteiger partial charge is 0.416 e. The Kier molecular flexibility index (Phi) is 14.4. The summed E-state index contributed by atoms with van der Waals surface area (Å²) in [6.45, 7) is 0.331. The highest BCUT2D eigenvalue weighted by Gasteiger charge is 2.39. The van der Waals surface area contributed by atoms with Crippen LogP contribution in [0.15, 0.2) is 48.6 Å². The van der Waals surface area contributed by atoms with Gasteiger partial charge in [0.05, 0.1) is 17.8 Å². The first-order valence-electron chi connectivity index (χ1n) is 13.7. The Morgan fingerprint density at radius 3 is 2.65 bits per heavy atom. The topological polar surface area (TPSA) is 178 Å². The van der Waals surface area contributed by atoms with Crippen LogP contribution in [0.4, 0.5) is 13.2 Å². The summed E-state index contributed by atoms with van der Waals surface area (Å²) in [6, 6.07) is 4.29. The van der Waals surface area contributed by atoms with Gasteiger partial charge >= 0.3 is 12.1 Å². The molecule has 4 N–H and O–H groups in total. The lowest BCUT2D eigenvalue weighted by atomic mass is 9.89. The number of rotatable bonds is 17. The average Bonchev–Trinajstić information content (AvgIpc) is 3.20. The molecule has 1 aliphatic carbocycles. The Bertz CT molecular complexity index is 1110. The summed E-state index contributed by atoms with van der Waals surface area (Å²) in [5.74, 6) is -2.00. The zero-order valence-corrected chi connectivity index (χ0v) is 23.5. The number of ether oxygens (including phenoxy) is 2. The van der Waals surface area contributed by atoms with Crippen molar-refractivity contribution in [2.24, 2.45) is 11.8 Å². The molecule has 12 nitrogen and oxygen atoms in total. The number of hydrogen-bond donors (Lipinski definition) is 4. The van der Waals surface area contributed by atoms with E-state index in [2.05, 4.69) is 10.2 Å². The number of alkyl halides is 3. The number of amides is 1. The van der Waals surface area contributed by atoms with Crippen molar-refractivity contribution in [3.8, 4) is 5.75 Å². The predicted molar refractivity (Wildman–Crippen MR) is 145 cm³/mol. The van der Waals surface area contributed by atoms with Gasteiger partial charge in [0.15, 0.2) is 0 Å². The number of nitrogens with one attached hydrogen (secondary N) is 1. The number of benzene rings is 1. The van der Waals surface area contributed by atoms with Gasteiger partial charge in [-0.05, 0) is 50.3 Å². The predicted octanol–water partition coefficient (Wildman–Crippen LogP) is 2.73. The van der Waals surface area contributed by atoms with Gasteiger partial charge in [0.1, 0.15) is 37.7 Å². The lowest BCUT2D eigenvalue weighted by Gasteiger charge is -2.19. The van der Waals surface area contributed by atoms with Gasteiger partial charge in [0.2, 0.25) is 5.91 Å². The van der Waals surface area contributed by atoms with E-state index in [1.54, 1.807) is 6.08 Å². The van der Waals surface area contributed by atoms with Crippen LogP contribution in [0.5, 0.6) is 5.75 Å². The van der Waals surface area contributed by atoms with Crippen LogP contribution in [0.2, 0.25) is 0 Å². The van der Waals surface area contributed by atoms with E-state index >= 15 is 0 Å². The molecule has 6 atom stereocenters. The molecule has 0 aromatic heterocycles. The van der Waals surface area contributed by atoms with E-state index in [1.165, 1.54) is 25.1 Å². The number of halogens is 3. The standard InChI is InChI=1S/C28H37F3N2O10/c1-18(43-33(39)40)16-42-27(38)15-32-26(37)10-5-3-2-4-9-22-23(25(36)14-24(22)35)12-11-20(34)17-41-21-8-6-7-19(13-21)28(29,30)31/h2,4,6-8,11-13,18,20,22-25,34-36H,3,5,9-10,14-17H2,1H3,(H,32,37)/t18?,20-,22-,23-,24+,25-/m1/s1. The van der Waals surface area contributed by atoms with Gasteiger partial charge in [-0.1, -0.05) is 30.4 Å². The third kappa shape index (κ3) is 13.4. The van der Waals surface area contributed by atoms with Crippen molar-refractivity contribution in [3.05, 3.63) is 64.2 Å². The van der Waals surface area contributed by atoms with E-state index in [0.29, 0.717) is 19.3 Å². The number of allylic oxidation sites excluding steroid dienone is 2. The minimum atomic E-state index is -4.52. The van der Waals surface area contributed by atoms with E-state index in [4.69, 9.17) is 9.47 Å². The summed E-state index contributed by atoms with van der Waals surface area (Å²) >= 11 is 0. The lowest BCUT2D eigenvalue weighted by Crippen LogP contribution is -2.32. The normalized spacial score (nSPS) is 21.9. The maximum atomic E-state index is 12.9. The average molecular weight is 619 g/mol. The zero-order valence-electron chi connectivity index (χ0n) is 23.5. The van der Waals surface area contributed by atoms with Crippen molar-refractivity contribution >= 4 is 11.9 Å². The maximum absolute atomic E-state index is 12.9. The van der Waals surface area contributed by atoms with Gasteiger partial charge in [-0.15, -0.1) is 10.1 Å². The Hall–Kier alpha value is -3.69. The van der Waals surface area contributed by atoms with E-state index in [9.17, 15) is 48.2 Å². The molecule has 43 heavy (non-hydrogen) atoms. The number of aliphatic hydroxyl groups is 3. The summed E-state index contributed by atoms with van der Waals surface area (Å²) < 4.78 is 48.6. The fourth-order valence-corrected chi connectivity index (χ4v) is 4.41. The second kappa shape index (κ2) is 17.4. The first kappa shape index (κ1) is 35.5. The van der Waals surface area contributed by atoms with Crippen molar-refractivity contribution in [3.63, 3.8) is 0 Å². The SMILES string of the molecule is CC(COC(=O)CNC(=O)CCCC=CC[C@@H]1[C@@H](C=C[C@@H](O)COc2cccc(C(F)(F)F)c2)[C@H](O)C[C@@H]1O)O[N+](=O)[O-]. The molecule has 1 fully saturated rings. The molecule has 0 aliphatic heterocycles. The van der Waals surface area contributed by atoms with Gasteiger partial charge in [0.25, 0.3) is 5.09 Å². The third-order valence-electron chi connectivity index (χ3n) is 6.58. The van der Waals surface area contributed by atoms with Crippen LogP contribution in [-0.2, 0) is 25.3 Å². The summed E-state index contributed by atoms with van der Waals surface area (Å²) in [5.41, 5.74) is -0.869. The number of aliphatic hydroxyl groups excluding tert-OH is 3. The maximum Gasteiger partial charge on any atom is 0.416 e. The summed E-state index contributed by atoms with van der Waals surface area (Å²) in [5, 5.41) is 42.6. The highest BCUT2D eigenvalue weighted by molar-refractivity contribution is 5.81. The molecule has 1 saturated carbocycles. The highest BCUT2D eigenvalue weighted by atomic mass is 19.4. The first-order valence-corrected chi connectivity index (χ1v) is 13.7. The van der Waals surface area contributed by atoms with Crippen molar-refractivity contribution in [1.82, 2.24) is 5.32 Å². The second-order valence-corrected chi connectivity index (χ2v) is 10.1. The van der Waals surface area contributed by atoms with Crippen molar-refractivity contribution in [2.45, 2.75) is 69.6 Å². The zero-order chi connectivity index (χ0) is 32.0. The van der Waals surface area contributed by atoms with Crippen LogP contribution >= 0.6 is 0 Å². The summed E-state index contributed by atoms with van der Waals surface area (Å²) in [4.78, 5) is 37.9. The second-order valence-electron chi connectivity index (χ2n) is 10.1. The van der Waals surface area contributed by atoms with Crippen LogP contribution in [0.25, 0.3) is 0 Å². The summed E-state index contributed by atoms with van der Waals surface area (Å²) in [6.07, 6.45) is 0.0661. The fourth-order valence-electron chi connectivity index (χ4n) is 4.41. The number of hydrogen-bond acceptors (Lipinski definition) is 10. The molecular formula is C28H37F3N2O10. The van der Waals surface area contributed by atoms with Crippen LogP contribution in [0.1, 0.15) is 44.6 Å². The van der Waals surface area contributed by atoms with Crippen LogP contribution < -0.4 is 10.1 Å². The van der Waals surface area contributed by atoms with E-state index < -0.39 is 53.1 Å². The van der Waals surface area contributed by atoms with Gasteiger partial charge in [-0.25, -0.2) is 0 Å². The molecular weight excluding hydrogens is 581 g/mol. The van der Waals surface area contributed by atoms with Crippen LogP contribution in [0, 0.1) is 22.0 Å². The number of nitrogens with zero attached hydrogens (tertiary/aromatic N) is 1. The molecule has 1 aromatic rings. The van der Waals surface area contributed by atoms with Gasteiger partial charge in [-0.3, -0.25) is 9.59 Å². The Morgan fingerprint density at radius 2 is 1.95 bits per heavy atom. The molecule has 0 radical (unpaired) electrons. The van der Waals surface area contributed by atoms with Gasteiger partial charge in [0, 0.05) is 18.8 Å². The van der Waals surface area contributed by atoms with Crippen LogP contribution in [-0.4, -0.2) is 76.5 Å². The first-order chi connectivity index (χ1) is 20.3. The van der Waals surface area contributed by atoms with E-state index in [1.807, 2.05) is 12.2 Å². The number of carbonyl (C=O) groups is 2. The van der Waals surface area contributed by atoms with Crippen LogP contribution in [0.3, 0.4) is 0 Å². The number of unbranched alkanes of at least 4 members (excludes halogenated alkanes) is 1. The molecule has 0 bridgehead atoms. The van der Waals surface area contributed by atoms with Gasteiger partial charge < -0.3 is 34.9 Å². The minimum Gasteiger partial charge on any atom is -0.491 e. The quantitative estimate of drug-likeness (QED) is 0.0667. The molecule has 2 rings (SSSR count). The highest BCUT2D eigenvalue weighted by Crippen LogP contribution is 2.36. The van der Waals surface area contributed by atoms with Crippen molar-refractivity contribution < 1.29 is 57.5 Å². The summed E-state index contributed by atoms with van der Waals surface area (Å²) in [7, 11) is 0. The molecule has 1 amide bonds. The van der Waals surface area contributed by atoms with E-state index in [0.717, 1.165) is 12.1 Å². The molecule has 1 aromatic carbocycles. The number of carbonyl (C=O) groups excluding carboxylic acids is 2. The molecule has 0 spiro atoms. The lowest BCUT2D eigenvalue weighted by molar-refractivity contribution is -0.767.